The number of amides is 1. The van der Waals surface area contributed by atoms with Gasteiger partial charge < -0.3 is 9.64 Å². The van der Waals surface area contributed by atoms with Gasteiger partial charge in [-0.25, -0.2) is 0 Å². The molecule has 0 radical (unpaired) electrons. The van der Waals surface area contributed by atoms with E-state index in [1.165, 1.54) is 0 Å². The summed E-state index contributed by atoms with van der Waals surface area (Å²) in [6, 6.07) is 7.69. The normalized spacial score (nSPS) is 12.0. The Morgan fingerprint density at radius 3 is 2.58 bits per heavy atom. The van der Waals surface area contributed by atoms with Crippen LogP contribution in [0, 0.1) is 0 Å². The van der Waals surface area contributed by atoms with Gasteiger partial charge in [0, 0.05) is 12.6 Å². The fourth-order valence-electron chi connectivity index (χ4n) is 2.05. The molecule has 0 aliphatic carbocycles. The lowest BCUT2D eigenvalue weighted by atomic mass is 10.1. The molecule has 0 aliphatic heterocycles. The maximum absolute atomic E-state index is 12.7. The summed E-state index contributed by atoms with van der Waals surface area (Å²) in [5.74, 6) is 0.720. The largest absolute Gasteiger partial charge is 0.496 e. The monoisotopic (exact) mass is 263 g/mol. The van der Waals surface area contributed by atoms with Crippen molar-refractivity contribution in [1.29, 1.82) is 0 Å². The first-order chi connectivity index (χ1) is 9.15. The summed E-state index contributed by atoms with van der Waals surface area (Å²) >= 11 is 0. The van der Waals surface area contributed by atoms with Gasteiger partial charge in [0.2, 0.25) is 0 Å². The number of unbranched alkanes of at least 4 members (excludes halogenated alkanes) is 1. The van der Waals surface area contributed by atoms with Crippen molar-refractivity contribution in [2.75, 3.05) is 13.7 Å². The zero-order valence-electron chi connectivity index (χ0n) is 12.5. The van der Waals surface area contributed by atoms with Gasteiger partial charge in [0.05, 0.1) is 12.7 Å². The Kier molecular flexibility index (Phi) is 6.40. The van der Waals surface area contributed by atoms with Gasteiger partial charge in [-0.1, -0.05) is 32.4 Å². The molecule has 1 rings (SSSR count). The minimum Gasteiger partial charge on any atom is -0.496 e. The first kappa shape index (κ1) is 15.5. The fourth-order valence-corrected chi connectivity index (χ4v) is 2.05. The van der Waals surface area contributed by atoms with E-state index in [0.717, 1.165) is 25.8 Å². The van der Waals surface area contributed by atoms with Gasteiger partial charge in [-0.05, 0) is 31.9 Å². The third-order valence-corrected chi connectivity index (χ3v) is 3.47. The standard InChI is InChI=1S/C16H25NO2/c1-5-7-12-17(13(3)6-2)16(18)14-10-8-9-11-15(14)19-4/h8-11,13H,5-7,12H2,1-4H3. The molecule has 0 aromatic heterocycles. The van der Waals surface area contributed by atoms with Gasteiger partial charge in [0.1, 0.15) is 5.75 Å². The number of rotatable bonds is 7. The first-order valence-electron chi connectivity index (χ1n) is 7.09. The van der Waals surface area contributed by atoms with Crippen LogP contribution in [0.15, 0.2) is 24.3 Å². The van der Waals surface area contributed by atoms with Gasteiger partial charge in [-0.15, -0.1) is 0 Å². The number of carbonyl (C=O) groups is 1. The average Bonchev–Trinajstić information content (AvgIpc) is 2.46. The van der Waals surface area contributed by atoms with Crippen LogP contribution in [0.4, 0.5) is 0 Å². The van der Waals surface area contributed by atoms with Crippen LogP contribution in [0.2, 0.25) is 0 Å². The first-order valence-corrected chi connectivity index (χ1v) is 7.09. The Morgan fingerprint density at radius 2 is 2.00 bits per heavy atom. The van der Waals surface area contributed by atoms with Crippen molar-refractivity contribution in [2.45, 2.75) is 46.1 Å². The predicted molar refractivity (Wildman–Crippen MR) is 78.7 cm³/mol. The molecule has 1 unspecified atom stereocenters. The Bertz CT molecular complexity index is 403. The van der Waals surface area contributed by atoms with Gasteiger partial charge in [-0.2, -0.15) is 0 Å². The van der Waals surface area contributed by atoms with Crippen LogP contribution in [-0.4, -0.2) is 30.5 Å². The number of carbonyl (C=O) groups excluding carboxylic acids is 1. The molecular weight excluding hydrogens is 238 g/mol. The van der Waals surface area contributed by atoms with E-state index < -0.39 is 0 Å². The van der Waals surface area contributed by atoms with Crippen LogP contribution >= 0.6 is 0 Å². The Labute approximate surface area is 116 Å². The predicted octanol–water partition coefficient (Wildman–Crippen LogP) is 3.74. The molecule has 0 aliphatic rings. The highest BCUT2D eigenvalue weighted by Crippen LogP contribution is 2.21. The van der Waals surface area contributed by atoms with Crippen LogP contribution in [0.25, 0.3) is 0 Å². The molecule has 1 atom stereocenters. The van der Waals surface area contributed by atoms with Crippen LogP contribution in [-0.2, 0) is 0 Å². The second kappa shape index (κ2) is 7.82. The quantitative estimate of drug-likeness (QED) is 0.750. The molecule has 3 heteroatoms. The molecule has 0 spiro atoms. The SMILES string of the molecule is CCCCN(C(=O)c1ccccc1OC)C(C)CC. The molecule has 1 amide bonds. The van der Waals surface area contributed by atoms with E-state index in [1.54, 1.807) is 7.11 Å². The van der Waals surface area contributed by atoms with Crippen molar-refractivity contribution in [2.24, 2.45) is 0 Å². The highest BCUT2D eigenvalue weighted by Gasteiger charge is 2.22. The number of benzene rings is 1. The third kappa shape index (κ3) is 3.98. The van der Waals surface area contributed by atoms with Crippen LogP contribution < -0.4 is 4.74 Å². The van der Waals surface area contributed by atoms with Crippen molar-refractivity contribution >= 4 is 5.91 Å². The molecule has 0 N–H and O–H groups in total. The number of hydrogen-bond donors (Lipinski definition) is 0. The van der Waals surface area contributed by atoms with Crippen LogP contribution in [0.5, 0.6) is 5.75 Å². The molecular formula is C16H25NO2. The van der Waals surface area contributed by atoms with Gasteiger partial charge >= 0.3 is 0 Å². The van der Waals surface area contributed by atoms with E-state index in [-0.39, 0.29) is 11.9 Å². The van der Waals surface area contributed by atoms with E-state index in [0.29, 0.717) is 11.3 Å². The van der Waals surface area contributed by atoms with E-state index in [9.17, 15) is 4.79 Å². The summed E-state index contributed by atoms with van der Waals surface area (Å²) < 4.78 is 5.29. The summed E-state index contributed by atoms with van der Waals surface area (Å²) in [6.07, 6.45) is 3.09. The van der Waals surface area contributed by atoms with Gasteiger partial charge in [0.25, 0.3) is 5.91 Å². The Hall–Kier alpha value is -1.51. The zero-order chi connectivity index (χ0) is 14.3. The van der Waals surface area contributed by atoms with E-state index >= 15 is 0 Å². The van der Waals surface area contributed by atoms with Crippen LogP contribution in [0.3, 0.4) is 0 Å². The Morgan fingerprint density at radius 1 is 1.32 bits per heavy atom. The minimum atomic E-state index is 0.0697. The zero-order valence-corrected chi connectivity index (χ0v) is 12.5. The highest BCUT2D eigenvalue weighted by atomic mass is 16.5. The summed E-state index contributed by atoms with van der Waals surface area (Å²) in [5.41, 5.74) is 0.654. The smallest absolute Gasteiger partial charge is 0.257 e. The van der Waals surface area contributed by atoms with Gasteiger partial charge in [-0.3, -0.25) is 4.79 Å². The maximum Gasteiger partial charge on any atom is 0.257 e. The molecule has 1 aromatic rings. The molecule has 0 bridgehead atoms. The molecule has 0 saturated heterocycles. The van der Waals surface area contributed by atoms with E-state index in [1.807, 2.05) is 29.2 Å². The second-order valence-electron chi connectivity index (χ2n) is 4.81. The number of nitrogens with zero attached hydrogens (tertiary/aromatic N) is 1. The molecule has 106 valence electrons. The molecule has 0 saturated carbocycles. The fraction of sp³-hybridized carbons (Fsp3) is 0.562. The lowest BCUT2D eigenvalue weighted by molar-refractivity contribution is 0.0682. The summed E-state index contributed by atoms with van der Waals surface area (Å²) in [4.78, 5) is 14.6. The molecule has 1 aromatic carbocycles. The van der Waals surface area contributed by atoms with Crippen molar-refractivity contribution < 1.29 is 9.53 Å². The Balaban J connectivity index is 2.97. The van der Waals surface area contributed by atoms with Crippen LogP contribution in [0.1, 0.15) is 50.4 Å². The molecule has 0 fully saturated rings. The lowest BCUT2D eigenvalue weighted by Gasteiger charge is -2.29. The average molecular weight is 263 g/mol. The maximum atomic E-state index is 12.7. The molecule has 0 heterocycles. The van der Waals surface area contributed by atoms with Crippen molar-refractivity contribution in [3.8, 4) is 5.75 Å². The lowest BCUT2D eigenvalue weighted by Crippen LogP contribution is -2.39. The number of ether oxygens (including phenoxy) is 1. The van der Waals surface area contributed by atoms with Gasteiger partial charge in [0.15, 0.2) is 0 Å². The highest BCUT2D eigenvalue weighted by molar-refractivity contribution is 5.97. The van der Waals surface area contributed by atoms with Crippen molar-refractivity contribution in [1.82, 2.24) is 4.90 Å². The number of methoxy groups -OCH3 is 1. The second-order valence-corrected chi connectivity index (χ2v) is 4.81. The van der Waals surface area contributed by atoms with Crippen molar-refractivity contribution in [3.05, 3.63) is 29.8 Å². The summed E-state index contributed by atoms with van der Waals surface area (Å²) in [6.45, 7) is 7.16. The minimum absolute atomic E-state index is 0.0697. The summed E-state index contributed by atoms with van der Waals surface area (Å²) in [7, 11) is 1.60. The molecule has 3 nitrogen and oxygen atoms in total. The topological polar surface area (TPSA) is 29.5 Å². The van der Waals surface area contributed by atoms with Crippen molar-refractivity contribution in [3.63, 3.8) is 0 Å². The number of para-hydroxylation sites is 1. The third-order valence-electron chi connectivity index (χ3n) is 3.47. The van der Waals surface area contributed by atoms with E-state index in [2.05, 4.69) is 20.8 Å². The van der Waals surface area contributed by atoms with E-state index in [4.69, 9.17) is 4.74 Å². The molecule has 19 heavy (non-hydrogen) atoms. The summed E-state index contributed by atoms with van der Waals surface area (Å²) in [5, 5.41) is 0. The number of hydrogen-bond acceptors (Lipinski definition) is 2.